The van der Waals surface area contributed by atoms with Crippen molar-refractivity contribution in [1.29, 1.82) is 0 Å². The Hall–Kier alpha value is -4.30. The van der Waals surface area contributed by atoms with Gasteiger partial charge in [-0.2, -0.15) is 8.42 Å². The molecule has 0 saturated heterocycles. The Morgan fingerprint density at radius 2 is 1.74 bits per heavy atom. The number of hydrogen-bond acceptors (Lipinski definition) is 8. The minimum absolute atomic E-state index is 0.138. The summed E-state index contributed by atoms with van der Waals surface area (Å²) in [7, 11) is -3.55. The van der Waals surface area contributed by atoms with Crippen LogP contribution in [-0.2, 0) is 32.7 Å². The molecule has 2 aromatic carbocycles. The van der Waals surface area contributed by atoms with E-state index >= 15 is 0 Å². The summed E-state index contributed by atoms with van der Waals surface area (Å²) in [6.07, 6.45) is 6.09. The number of rotatable bonds is 15. The Morgan fingerprint density at radius 1 is 1.09 bits per heavy atom. The lowest BCUT2D eigenvalue weighted by Crippen LogP contribution is -2.78. The fourth-order valence-corrected chi connectivity index (χ4v) is 4.43. The van der Waals surface area contributed by atoms with Crippen LogP contribution < -0.4 is 36.2 Å². The highest BCUT2D eigenvalue weighted by atomic mass is 32.2. The van der Waals surface area contributed by atoms with Crippen LogP contribution in [0.25, 0.3) is 10.9 Å². The lowest BCUT2D eigenvalue weighted by molar-refractivity contribution is -0.459. The van der Waals surface area contributed by atoms with Crippen LogP contribution in [0.2, 0.25) is 0 Å². The quantitative estimate of drug-likeness (QED) is 0.0627. The smallest absolute Gasteiger partial charge is 0.338 e. The number of aliphatic carboxylic acids is 2. The number of carboxylic acids is 2. The third kappa shape index (κ3) is 11.8. The highest BCUT2D eigenvalue weighted by Gasteiger charge is 2.25. The Morgan fingerprint density at radius 3 is 2.30 bits per heavy atom. The molecule has 8 N–H and O–H groups in total. The first-order chi connectivity index (χ1) is 20.1. The Labute approximate surface area is 251 Å². The predicted octanol–water partition coefficient (Wildman–Crippen LogP) is -0.558. The van der Waals surface area contributed by atoms with Gasteiger partial charge in [-0.1, -0.05) is 19.1 Å². The van der Waals surface area contributed by atoms with Gasteiger partial charge in [0, 0.05) is 23.6 Å². The second kappa shape index (κ2) is 15.8. The van der Waals surface area contributed by atoms with Crippen LogP contribution in [0.15, 0.2) is 54.7 Å². The molecule has 0 fully saturated rings. The summed E-state index contributed by atoms with van der Waals surface area (Å²) in [5.41, 5.74) is 16.2. The fourth-order valence-electron chi connectivity index (χ4n) is 3.97. The molecule has 236 valence electrons. The van der Waals surface area contributed by atoms with Crippen molar-refractivity contribution in [1.82, 2.24) is 4.57 Å². The van der Waals surface area contributed by atoms with Crippen LogP contribution in [0.3, 0.4) is 0 Å². The predicted molar refractivity (Wildman–Crippen MR) is 161 cm³/mol. The van der Waals surface area contributed by atoms with Gasteiger partial charge in [0.1, 0.15) is 23.1 Å². The summed E-state index contributed by atoms with van der Waals surface area (Å²) in [6.45, 7) is 4.60. The summed E-state index contributed by atoms with van der Waals surface area (Å²) in [5.74, 6) is -1.28. The van der Waals surface area contributed by atoms with Gasteiger partial charge in [-0.3, -0.25) is 21.3 Å². The van der Waals surface area contributed by atoms with Gasteiger partial charge < -0.3 is 34.2 Å². The van der Waals surface area contributed by atoms with Crippen molar-refractivity contribution < 1.29 is 42.1 Å². The van der Waals surface area contributed by atoms with Crippen LogP contribution in [0, 0.1) is 0 Å². The molecule has 0 radical (unpaired) electrons. The van der Waals surface area contributed by atoms with Crippen molar-refractivity contribution in [2.75, 3.05) is 12.8 Å². The Balaban J connectivity index is 0.000000455. The number of fused-ring (bicyclic) bond motifs is 1. The van der Waals surface area contributed by atoms with E-state index in [1.165, 1.54) is 6.92 Å². The molecule has 0 aliphatic heterocycles. The summed E-state index contributed by atoms with van der Waals surface area (Å²) < 4.78 is 35.2. The number of carboxylic acid groups (broad SMARTS) is 2. The minimum atomic E-state index is -3.55. The molecular weight excluding hydrogens is 578 g/mol. The average Bonchev–Trinajstić information content (AvgIpc) is 3.33. The van der Waals surface area contributed by atoms with Crippen molar-refractivity contribution in [3.63, 3.8) is 0 Å². The number of aryl methyl sites for hydroxylation is 2. The number of aromatic nitrogens is 1. The number of nitrogens with two attached hydrogens (primary N) is 3. The Kier molecular flexibility index (Phi) is 12.8. The number of carbonyl (C=O) groups excluding carboxylic acids is 1. The molecule has 14 heteroatoms. The third-order valence-corrected chi connectivity index (χ3v) is 7.06. The molecule has 0 aliphatic rings. The van der Waals surface area contributed by atoms with E-state index in [9.17, 15) is 23.1 Å². The number of nitrogens with zero attached hydrogens (tertiary/aromatic N) is 1. The molecule has 3 aromatic rings. The van der Waals surface area contributed by atoms with E-state index in [0.29, 0.717) is 37.3 Å². The lowest BCUT2D eigenvalue weighted by atomic mass is 10.0. The monoisotopic (exact) mass is 619 g/mol. The second-order valence-electron chi connectivity index (χ2n) is 10.2. The van der Waals surface area contributed by atoms with E-state index in [-0.39, 0.29) is 5.96 Å². The number of guanidine groups is 1. The number of benzene rings is 2. The van der Waals surface area contributed by atoms with E-state index in [2.05, 4.69) is 9.56 Å². The molecule has 3 rings (SSSR count). The lowest BCUT2D eigenvalue weighted by Gasteiger charge is -2.30. The van der Waals surface area contributed by atoms with Gasteiger partial charge in [0.25, 0.3) is 0 Å². The molecule has 1 aromatic heterocycles. The van der Waals surface area contributed by atoms with Crippen LogP contribution >= 0.6 is 0 Å². The summed E-state index contributed by atoms with van der Waals surface area (Å²) >= 11 is 0. The zero-order valence-electron chi connectivity index (χ0n) is 24.6. The maximum absolute atomic E-state index is 11.3. The topological polar surface area (TPSA) is 227 Å². The van der Waals surface area contributed by atoms with Crippen LogP contribution in [0.5, 0.6) is 11.5 Å². The highest BCUT2D eigenvalue weighted by Crippen LogP contribution is 2.24. The third-order valence-electron chi connectivity index (χ3n) is 6.57. The molecule has 1 heterocycles. The van der Waals surface area contributed by atoms with Gasteiger partial charge in [0.05, 0.1) is 18.8 Å². The van der Waals surface area contributed by atoms with Crippen LogP contribution in [0.4, 0.5) is 0 Å². The van der Waals surface area contributed by atoms with Crippen LogP contribution in [0.1, 0.15) is 45.1 Å². The van der Waals surface area contributed by atoms with Gasteiger partial charge in [-0.05, 0) is 81.0 Å². The fraction of sp³-hybridized carbons (Fsp3) is 0.414. The maximum Gasteiger partial charge on any atom is 0.338 e. The van der Waals surface area contributed by atoms with Crippen molar-refractivity contribution in [2.45, 2.75) is 64.1 Å². The van der Waals surface area contributed by atoms with E-state index in [1.54, 1.807) is 31.2 Å². The molecule has 43 heavy (non-hydrogen) atoms. The first kappa shape index (κ1) is 34.9. The SMILES string of the molecule is CC[C@@](C)(Oc1ccc(CCCn2ccc3cc(OS(C)(=O)=O)ccc32)cc1)C(=O)[O-].NC(N)=[NH+]CCCC(N)C(=O)O. The normalized spacial score (nSPS) is 13.2. The van der Waals surface area contributed by atoms with Crippen molar-refractivity contribution in [3.8, 4) is 11.5 Å². The standard InChI is InChI=1S/C23H27NO6S.C6H14N4O2/c1-4-23(2,22(25)26)29-19-9-7-17(8-10-19)6-5-14-24-15-13-18-16-20(11-12-21(18)24)30-31(3,27)28;7-4(5(11)12)2-1-3-10-6(8)9/h7-13,15-16H,4-6,14H2,1-3H3,(H,25,26);4H,1-3,7H2,(H,11,12)(H4,8,9,10)/t23-;/m1./s1. The van der Waals surface area contributed by atoms with Gasteiger partial charge in [-0.15, -0.1) is 0 Å². The minimum Gasteiger partial charge on any atom is -0.546 e. The molecule has 13 nitrogen and oxygen atoms in total. The average molecular weight is 620 g/mol. The maximum atomic E-state index is 11.3. The number of ether oxygens (including phenoxy) is 1. The molecule has 0 saturated carbocycles. The summed E-state index contributed by atoms with van der Waals surface area (Å²) in [4.78, 5) is 24.2. The van der Waals surface area contributed by atoms with Gasteiger partial charge in [0.2, 0.25) is 0 Å². The van der Waals surface area contributed by atoms with Gasteiger partial charge in [-0.25, -0.2) is 0 Å². The molecular formula is C29H41N5O8S. The van der Waals surface area contributed by atoms with Crippen LogP contribution in [-0.4, -0.2) is 60.4 Å². The Bertz CT molecular complexity index is 1500. The van der Waals surface area contributed by atoms with Crippen molar-refractivity contribution >= 4 is 38.9 Å². The number of carbonyl (C=O) groups is 2. The molecule has 1 unspecified atom stereocenters. The first-order valence-electron chi connectivity index (χ1n) is 13.7. The molecule has 0 aliphatic carbocycles. The van der Waals surface area contributed by atoms with E-state index in [4.69, 9.17) is 31.2 Å². The zero-order valence-corrected chi connectivity index (χ0v) is 25.4. The van der Waals surface area contributed by atoms with Gasteiger partial charge in [0.15, 0.2) is 0 Å². The number of hydrogen-bond donors (Lipinski definition) is 5. The molecule has 0 bridgehead atoms. The first-order valence-corrected chi connectivity index (χ1v) is 15.5. The van der Waals surface area contributed by atoms with E-state index in [0.717, 1.165) is 42.1 Å². The summed E-state index contributed by atoms with van der Waals surface area (Å²) in [5, 5.41) is 20.6. The summed E-state index contributed by atoms with van der Waals surface area (Å²) in [6, 6.07) is 13.8. The van der Waals surface area contributed by atoms with E-state index < -0.39 is 33.7 Å². The molecule has 0 spiro atoms. The van der Waals surface area contributed by atoms with E-state index in [1.807, 2.05) is 30.5 Å². The number of nitrogens with one attached hydrogen (secondary N) is 1. The van der Waals surface area contributed by atoms with Crippen molar-refractivity contribution in [3.05, 3.63) is 60.3 Å². The second-order valence-corrected chi connectivity index (χ2v) is 11.8. The molecule has 2 atom stereocenters. The molecule has 0 amide bonds. The zero-order chi connectivity index (χ0) is 32.2. The van der Waals surface area contributed by atoms with Crippen molar-refractivity contribution in [2.24, 2.45) is 17.2 Å². The highest BCUT2D eigenvalue weighted by molar-refractivity contribution is 7.86. The largest absolute Gasteiger partial charge is 0.546 e. The van der Waals surface area contributed by atoms with Gasteiger partial charge >= 0.3 is 22.0 Å².